The van der Waals surface area contributed by atoms with Gasteiger partial charge in [0, 0.05) is 0 Å². The molecule has 2 nitrogen and oxygen atoms in total. The highest BCUT2D eigenvalue weighted by Gasteiger charge is 2.14. The molecule has 1 heterocycles. The average molecular weight is 418 g/mol. The van der Waals surface area contributed by atoms with Crippen molar-refractivity contribution in [1.29, 1.82) is 0 Å². The van der Waals surface area contributed by atoms with Crippen molar-refractivity contribution >= 4 is 22.8 Å². The van der Waals surface area contributed by atoms with Gasteiger partial charge >= 0.3 is 0 Å². The molecule has 0 aliphatic carbocycles. The second-order valence-corrected chi connectivity index (χ2v) is 9.62. The minimum Gasteiger partial charge on any atom is -0.230 e. The summed E-state index contributed by atoms with van der Waals surface area (Å²) in [7, 11) is 0. The number of thioether (sulfide) groups is 1. The molecule has 3 heteroatoms. The van der Waals surface area contributed by atoms with Crippen molar-refractivity contribution in [2.75, 3.05) is 5.75 Å². The zero-order valence-electron chi connectivity index (χ0n) is 19.2. The average Bonchev–Trinajstić information content (AvgIpc) is 3.10. The standard InChI is InChI=1S/C26H45N2S/c1-3-5-7-9-10-11-12-13-14-18-22-29-24-28-23-27(21-17-8-6-4-2)25-19-15-16-20-26(25)28/h15-16,19-20,23H,3-14,17-18,21-22,24H2,1-2H3/q+1. The summed E-state index contributed by atoms with van der Waals surface area (Å²) in [4.78, 5) is 0. The van der Waals surface area contributed by atoms with Crippen molar-refractivity contribution in [2.24, 2.45) is 0 Å². The van der Waals surface area contributed by atoms with Crippen LogP contribution in [0.5, 0.6) is 0 Å². The Kier molecular flexibility index (Phi) is 13.3. The van der Waals surface area contributed by atoms with Crippen molar-refractivity contribution in [3.8, 4) is 0 Å². The number of benzene rings is 1. The number of imidazole rings is 1. The van der Waals surface area contributed by atoms with Gasteiger partial charge in [0.05, 0.1) is 6.54 Å². The van der Waals surface area contributed by atoms with Crippen molar-refractivity contribution in [3.05, 3.63) is 30.6 Å². The fourth-order valence-electron chi connectivity index (χ4n) is 4.09. The summed E-state index contributed by atoms with van der Waals surface area (Å²) in [5, 5.41) is 0. The van der Waals surface area contributed by atoms with E-state index < -0.39 is 0 Å². The maximum Gasteiger partial charge on any atom is 0.245 e. The lowest BCUT2D eigenvalue weighted by atomic mass is 10.1. The Morgan fingerprint density at radius 3 is 2.00 bits per heavy atom. The molecule has 0 N–H and O–H groups in total. The van der Waals surface area contributed by atoms with Crippen molar-refractivity contribution < 1.29 is 4.57 Å². The third kappa shape index (κ3) is 9.59. The maximum atomic E-state index is 2.46. The molecular weight excluding hydrogens is 372 g/mol. The zero-order valence-corrected chi connectivity index (χ0v) is 20.0. The molecular formula is C26H45N2S+. The van der Waals surface area contributed by atoms with Crippen LogP contribution in [-0.4, -0.2) is 10.3 Å². The number of hydrogen-bond donors (Lipinski definition) is 0. The predicted molar refractivity (Wildman–Crippen MR) is 131 cm³/mol. The van der Waals surface area contributed by atoms with Gasteiger partial charge in [-0.1, -0.05) is 96.6 Å². The van der Waals surface area contributed by atoms with Crippen molar-refractivity contribution in [1.82, 2.24) is 4.57 Å². The van der Waals surface area contributed by atoms with E-state index in [0.29, 0.717) is 0 Å². The lowest BCUT2D eigenvalue weighted by Crippen LogP contribution is -2.30. The number of aryl methyl sites for hydroxylation is 1. The van der Waals surface area contributed by atoms with Gasteiger partial charge < -0.3 is 0 Å². The summed E-state index contributed by atoms with van der Waals surface area (Å²) in [6, 6.07) is 8.90. The monoisotopic (exact) mass is 417 g/mol. The summed E-state index contributed by atoms with van der Waals surface area (Å²) in [6.07, 6.45) is 21.9. The van der Waals surface area contributed by atoms with Crippen LogP contribution >= 0.6 is 11.8 Å². The normalized spacial score (nSPS) is 11.5. The first-order valence-electron chi connectivity index (χ1n) is 12.4. The van der Waals surface area contributed by atoms with Gasteiger partial charge in [0.1, 0.15) is 5.88 Å². The van der Waals surface area contributed by atoms with Crippen LogP contribution in [0.15, 0.2) is 30.6 Å². The number of unbranched alkanes of at least 4 members (excludes halogenated alkanes) is 12. The molecule has 1 aromatic heterocycles. The molecule has 0 aliphatic rings. The largest absolute Gasteiger partial charge is 0.245 e. The Morgan fingerprint density at radius 1 is 0.724 bits per heavy atom. The summed E-state index contributed by atoms with van der Waals surface area (Å²) >= 11 is 2.09. The smallest absolute Gasteiger partial charge is 0.230 e. The number of hydrogen-bond acceptors (Lipinski definition) is 1. The summed E-state index contributed by atoms with van der Waals surface area (Å²) in [6.45, 7) is 5.73. The first-order valence-corrected chi connectivity index (χ1v) is 13.6. The fraction of sp³-hybridized carbons (Fsp3) is 0.731. The van der Waals surface area contributed by atoms with Crippen molar-refractivity contribution in [2.45, 2.75) is 116 Å². The van der Waals surface area contributed by atoms with E-state index in [0.717, 1.165) is 12.4 Å². The van der Waals surface area contributed by atoms with Gasteiger partial charge in [-0.25, -0.2) is 9.13 Å². The SMILES string of the molecule is CCCCCCCCCCCCSC[n+]1cn(CCCCCC)c2ccccc21. The molecule has 0 saturated carbocycles. The minimum absolute atomic E-state index is 1.08. The molecule has 0 fully saturated rings. The molecule has 2 aromatic rings. The van der Waals surface area contributed by atoms with E-state index >= 15 is 0 Å². The van der Waals surface area contributed by atoms with Crippen LogP contribution in [0.25, 0.3) is 11.0 Å². The molecule has 0 bridgehead atoms. The first kappa shape index (κ1) is 24.3. The number of fused-ring (bicyclic) bond motifs is 1. The highest BCUT2D eigenvalue weighted by Crippen LogP contribution is 2.16. The lowest BCUT2D eigenvalue weighted by molar-refractivity contribution is -0.650. The van der Waals surface area contributed by atoms with E-state index in [1.807, 2.05) is 0 Å². The van der Waals surface area contributed by atoms with Gasteiger partial charge in [-0.15, -0.1) is 11.8 Å². The topological polar surface area (TPSA) is 8.81 Å². The van der Waals surface area contributed by atoms with Crippen LogP contribution in [0.4, 0.5) is 0 Å². The van der Waals surface area contributed by atoms with Crippen LogP contribution in [-0.2, 0) is 12.4 Å². The van der Waals surface area contributed by atoms with Crippen LogP contribution in [0.1, 0.15) is 104 Å². The van der Waals surface area contributed by atoms with Gasteiger partial charge in [-0.3, -0.25) is 0 Å². The number of rotatable bonds is 18. The van der Waals surface area contributed by atoms with Gasteiger partial charge in [0.25, 0.3) is 0 Å². The molecule has 0 radical (unpaired) electrons. The Balaban J connectivity index is 1.61. The highest BCUT2D eigenvalue weighted by atomic mass is 32.2. The Hall–Kier alpha value is -0.960. The Labute approximate surface area is 184 Å². The van der Waals surface area contributed by atoms with E-state index in [-0.39, 0.29) is 0 Å². The van der Waals surface area contributed by atoms with E-state index in [4.69, 9.17) is 0 Å². The third-order valence-electron chi connectivity index (χ3n) is 5.90. The van der Waals surface area contributed by atoms with E-state index in [9.17, 15) is 0 Å². The van der Waals surface area contributed by atoms with Gasteiger partial charge in [-0.2, -0.15) is 0 Å². The second-order valence-electron chi connectivity index (χ2n) is 8.55. The molecule has 0 spiro atoms. The van der Waals surface area contributed by atoms with Crippen LogP contribution in [0, 0.1) is 0 Å². The van der Waals surface area contributed by atoms with E-state index in [1.54, 1.807) is 0 Å². The fourth-order valence-corrected chi connectivity index (χ4v) is 5.03. The second kappa shape index (κ2) is 15.8. The first-order chi connectivity index (χ1) is 14.4. The highest BCUT2D eigenvalue weighted by molar-refractivity contribution is 7.98. The molecule has 0 atom stereocenters. The molecule has 1 aromatic carbocycles. The van der Waals surface area contributed by atoms with E-state index in [2.05, 4.69) is 65.3 Å². The molecule has 0 unspecified atom stereocenters. The Morgan fingerprint density at radius 2 is 1.31 bits per heavy atom. The van der Waals surface area contributed by atoms with Gasteiger partial charge in [0.2, 0.25) is 6.33 Å². The zero-order chi connectivity index (χ0) is 20.6. The van der Waals surface area contributed by atoms with Crippen LogP contribution < -0.4 is 4.57 Å². The summed E-state index contributed by atoms with van der Waals surface area (Å²) < 4.78 is 4.92. The molecule has 0 amide bonds. The quantitative estimate of drug-likeness (QED) is 0.176. The van der Waals surface area contributed by atoms with Crippen LogP contribution in [0.2, 0.25) is 0 Å². The lowest BCUT2D eigenvalue weighted by Gasteiger charge is -2.02. The summed E-state index contributed by atoms with van der Waals surface area (Å²) in [5.74, 6) is 2.37. The molecule has 164 valence electrons. The molecule has 29 heavy (non-hydrogen) atoms. The third-order valence-corrected chi connectivity index (χ3v) is 6.94. The number of aromatic nitrogens is 2. The maximum absolute atomic E-state index is 2.46. The van der Waals surface area contributed by atoms with Crippen molar-refractivity contribution in [3.63, 3.8) is 0 Å². The molecule has 2 rings (SSSR count). The van der Waals surface area contributed by atoms with Gasteiger partial charge in [0.15, 0.2) is 11.0 Å². The predicted octanol–water partition coefficient (Wildman–Crippen LogP) is 8.12. The van der Waals surface area contributed by atoms with Gasteiger partial charge in [-0.05, 0) is 37.1 Å². The molecule has 0 saturated heterocycles. The Bertz CT molecular complexity index is 649. The molecule has 0 aliphatic heterocycles. The number of nitrogens with zero attached hydrogens (tertiary/aromatic N) is 2. The van der Waals surface area contributed by atoms with E-state index in [1.165, 1.54) is 107 Å². The van der Waals surface area contributed by atoms with Crippen LogP contribution in [0.3, 0.4) is 0 Å². The minimum atomic E-state index is 1.08. The number of para-hydroxylation sites is 2. The summed E-state index contributed by atoms with van der Waals surface area (Å²) in [5.41, 5.74) is 2.78.